The van der Waals surface area contributed by atoms with Crippen LogP contribution < -0.4 is 4.87 Å². The molecule has 0 N–H and O–H groups in total. The maximum absolute atomic E-state index is 12.2. The highest BCUT2D eigenvalue weighted by Crippen LogP contribution is 2.26. The van der Waals surface area contributed by atoms with E-state index in [1.807, 2.05) is 0 Å². The van der Waals surface area contributed by atoms with E-state index >= 15 is 0 Å². The quantitative estimate of drug-likeness (QED) is 0.594. The van der Waals surface area contributed by atoms with Crippen LogP contribution in [0.2, 0.25) is 5.02 Å². The summed E-state index contributed by atoms with van der Waals surface area (Å²) in [6, 6.07) is 3.45. The Balaban J connectivity index is 2.23. The summed E-state index contributed by atoms with van der Waals surface area (Å²) in [7, 11) is 1.71. The molecule has 0 bridgehead atoms. The molecule has 6 heteroatoms. The van der Waals surface area contributed by atoms with Gasteiger partial charge in [-0.3, -0.25) is 9.59 Å². The van der Waals surface area contributed by atoms with Crippen molar-refractivity contribution in [3.63, 3.8) is 0 Å². The summed E-state index contributed by atoms with van der Waals surface area (Å²) in [6.07, 6.45) is 2.25. The molecule has 0 unspecified atom stereocenters. The van der Waals surface area contributed by atoms with Crippen molar-refractivity contribution in [1.29, 1.82) is 0 Å². The second-order valence-corrected chi connectivity index (χ2v) is 7.06. The topological polar surface area (TPSA) is 39.1 Å². The van der Waals surface area contributed by atoms with E-state index in [-0.39, 0.29) is 10.7 Å². The van der Waals surface area contributed by atoms with Crippen LogP contribution in [-0.2, 0) is 7.05 Å². The molecule has 0 amide bonds. The number of benzene rings is 1. The van der Waals surface area contributed by atoms with Gasteiger partial charge < -0.3 is 4.57 Å². The molecule has 1 aromatic carbocycles. The molecule has 0 spiro atoms. The first kappa shape index (κ1) is 15.6. The van der Waals surface area contributed by atoms with Crippen molar-refractivity contribution in [1.82, 2.24) is 4.57 Å². The van der Waals surface area contributed by atoms with Crippen molar-refractivity contribution in [3.05, 3.63) is 32.4 Å². The molecule has 1 aromatic heterocycles. The Hall–Kier alpha value is -0.780. The number of hydrogen-bond donors (Lipinski definition) is 0. The van der Waals surface area contributed by atoms with Gasteiger partial charge in [0, 0.05) is 12.6 Å². The molecule has 3 nitrogen and oxygen atoms in total. The van der Waals surface area contributed by atoms with Crippen LogP contribution in [0, 0.1) is 0 Å². The van der Waals surface area contributed by atoms with Crippen molar-refractivity contribution < 1.29 is 4.79 Å². The SMILES string of the molecule is CCCCSCC(=O)c1cc2sc(=O)n(C)c2cc1Cl. The minimum atomic E-state index is -0.0435. The van der Waals surface area contributed by atoms with E-state index in [0.29, 0.717) is 16.3 Å². The number of fused-ring (bicyclic) bond motifs is 1. The number of nitrogens with zero attached hydrogens (tertiary/aromatic N) is 1. The van der Waals surface area contributed by atoms with Gasteiger partial charge in [0.1, 0.15) is 0 Å². The van der Waals surface area contributed by atoms with Crippen molar-refractivity contribution in [3.8, 4) is 0 Å². The lowest BCUT2D eigenvalue weighted by molar-refractivity contribution is 0.102. The maximum atomic E-state index is 12.2. The van der Waals surface area contributed by atoms with Gasteiger partial charge in [0.25, 0.3) is 0 Å². The van der Waals surface area contributed by atoms with Crippen LogP contribution in [0.4, 0.5) is 0 Å². The minimum absolute atomic E-state index is 0.0292. The third kappa shape index (κ3) is 3.27. The molecular weight excluding hydrogens is 314 g/mol. The summed E-state index contributed by atoms with van der Waals surface area (Å²) in [5.41, 5.74) is 1.30. The number of rotatable bonds is 6. The van der Waals surface area contributed by atoms with E-state index in [9.17, 15) is 9.59 Å². The zero-order valence-electron chi connectivity index (χ0n) is 11.4. The molecule has 0 radical (unpaired) electrons. The Morgan fingerprint density at radius 2 is 2.20 bits per heavy atom. The van der Waals surface area contributed by atoms with Gasteiger partial charge in [-0.25, -0.2) is 0 Å². The van der Waals surface area contributed by atoms with Crippen LogP contribution >= 0.6 is 34.7 Å². The number of ketones is 1. The normalized spacial score (nSPS) is 11.2. The molecule has 0 atom stereocenters. The maximum Gasteiger partial charge on any atom is 0.307 e. The van der Waals surface area contributed by atoms with Gasteiger partial charge in [-0.05, 0) is 24.3 Å². The molecular formula is C14H16ClNO2S2. The number of hydrogen-bond acceptors (Lipinski definition) is 4. The van der Waals surface area contributed by atoms with E-state index in [0.717, 1.165) is 40.1 Å². The van der Waals surface area contributed by atoms with Crippen LogP contribution in [0.5, 0.6) is 0 Å². The molecule has 0 fully saturated rings. The Morgan fingerprint density at radius 3 is 2.90 bits per heavy atom. The number of carbonyl (C=O) groups excluding carboxylic acids is 1. The lowest BCUT2D eigenvalue weighted by atomic mass is 10.1. The fourth-order valence-corrected chi connectivity index (χ4v) is 3.99. The van der Waals surface area contributed by atoms with E-state index in [1.165, 1.54) is 0 Å². The van der Waals surface area contributed by atoms with Crippen molar-refractivity contribution in [2.75, 3.05) is 11.5 Å². The highest BCUT2D eigenvalue weighted by Gasteiger charge is 2.14. The Kier molecular flexibility index (Phi) is 5.29. The third-order valence-corrected chi connectivity index (χ3v) is 5.41. The van der Waals surface area contributed by atoms with Crippen molar-refractivity contribution >= 4 is 50.7 Å². The van der Waals surface area contributed by atoms with E-state index in [4.69, 9.17) is 11.6 Å². The molecule has 0 aliphatic carbocycles. The predicted octanol–water partition coefficient (Wildman–Crippen LogP) is 3.97. The fraction of sp³-hybridized carbons (Fsp3) is 0.429. The van der Waals surface area contributed by atoms with Gasteiger partial charge in [0.05, 0.1) is 21.0 Å². The lowest BCUT2D eigenvalue weighted by Crippen LogP contribution is -2.07. The summed E-state index contributed by atoms with van der Waals surface area (Å²) in [5, 5.41) is 0.423. The molecule has 2 rings (SSSR count). The average molecular weight is 330 g/mol. The number of unbranched alkanes of at least 4 members (excludes halogenated alkanes) is 1. The zero-order valence-corrected chi connectivity index (χ0v) is 13.8. The van der Waals surface area contributed by atoms with E-state index in [1.54, 1.807) is 35.5 Å². The lowest BCUT2D eigenvalue weighted by Gasteiger charge is -2.04. The first-order valence-corrected chi connectivity index (χ1v) is 8.79. The van der Waals surface area contributed by atoms with Crippen LogP contribution in [0.15, 0.2) is 16.9 Å². The second-order valence-electron chi connectivity index (χ2n) is 4.56. The summed E-state index contributed by atoms with van der Waals surface area (Å²) < 4.78 is 2.36. The summed E-state index contributed by atoms with van der Waals surface area (Å²) >= 11 is 8.95. The van der Waals surface area contributed by atoms with Crippen LogP contribution in [0.3, 0.4) is 0 Å². The largest absolute Gasteiger partial charge is 0.307 e. The second kappa shape index (κ2) is 6.78. The van der Waals surface area contributed by atoms with Crippen LogP contribution in [0.25, 0.3) is 10.2 Å². The van der Waals surface area contributed by atoms with Gasteiger partial charge >= 0.3 is 4.87 Å². The number of thiazole rings is 1. The number of thioether (sulfide) groups is 1. The zero-order chi connectivity index (χ0) is 14.7. The highest BCUT2D eigenvalue weighted by molar-refractivity contribution is 7.99. The van der Waals surface area contributed by atoms with Crippen molar-refractivity contribution in [2.24, 2.45) is 7.05 Å². The minimum Gasteiger partial charge on any atom is -0.302 e. The number of halogens is 1. The van der Waals surface area contributed by atoms with Crippen LogP contribution in [-0.4, -0.2) is 21.9 Å². The number of carbonyl (C=O) groups is 1. The Bertz CT molecular complexity index is 690. The van der Waals surface area contributed by atoms with E-state index in [2.05, 4.69) is 6.92 Å². The van der Waals surface area contributed by atoms with Crippen LogP contribution in [0.1, 0.15) is 30.1 Å². The smallest absolute Gasteiger partial charge is 0.302 e. The predicted molar refractivity (Wildman–Crippen MR) is 88.6 cm³/mol. The van der Waals surface area contributed by atoms with Gasteiger partial charge in [-0.2, -0.15) is 11.8 Å². The number of aromatic nitrogens is 1. The number of aryl methyl sites for hydroxylation is 1. The van der Waals surface area contributed by atoms with Gasteiger partial charge in [0.2, 0.25) is 0 Å². The summed E-state index contributed by atoms with van der Waals surface area (Å²) in [6.45, 7) is 2.13. The highest BCUT2D eigenvalue weighted by atomic mass is 35.5. The first-order valence-electron chi connectivity index (χ1n) is 6.44. The molecule has 0 aliphatic rings. The van der Waals surface area contributed by atoms with Gasteiger partial charge in [-0.1, -0.05) is 36.3 Å². The molecule has 0 saturated carbocycles. The Labute approximate surface area is 130 Å². The Morgan fingerprint density at radius 1 is 1.45 bits per heavy atom. The van der Waals surface area contributed by atoms with Gasteiger partial charge in [0.15, 0.2) is 5.78 Å². The standard InChI is InChI=1S/C14H16ClNO2S2/c1-3-4-5-19-8-12(17)9-6-13-11(7-10(9)15)16(2)14(18)20-13/h6-7H,3-5,8H2,1-2H3. The monoisotopic (exact) mass is 329 g/mol. The molecule has 0 saturated heterocycles. The van der Waals surface area contributed by atoms with E-state index < -0.39 is 0 Å². The molecule has 20 heavy (non-hydrogen) atoms. The van der Waals surface area contributed by atoms with Crippen molar-refractivity contribution in [2.45, 2.75) is 19.8 Å². The fourth-order valence-electron chi connectivity index (χ4n) is 1.85. The first-order chi connectivity index (χ1) is 9.54. The molecule has 108 valence electrons. The summed E-state index contributed by atoms with van der Waals surface area (Å²) in [5.74, 6) is 1.45. The average Bonchev–Trinajstić information content (AvgIpc) is 2.69. The summed E-state index contributed by atoms with van der Waals surface area (Å²) in [4.78, 5) is 23.8. The van der Waals surface area contributed by atoms with Gasteiger partial charge in [-0.15, -0.1) is 0 Å². The molecule has 0 aliphatic heterocycles. The third-order valence-electron chi connectivity index (χ3n) is 3.06. The number of Topliss-reactive ketones (excluding diaryl/α,β-unsaturated/α-hetero) is 1. The molecule has 2 aromatic rings. The molecule has 1 heterocycles.